The highest BCUT2D eigenvalue weighted by Crippen LogP contribution is 2.24. The normalized spacial score (nSPS) is 23.6. The monoisotopic (exact) mass is 307 g/mol. The van der Waals surface area contributed by atoms with Gasteiger partial charge in [0.1, 0.15) is 6.04 Å². The lowest BCUT2D eigenvalue weighted by atomic mass is 10.0. The fourth-order valence-corrected chi connectivity index (χ4v) is 3.82. The van der Waals surface area contributed by atoms with Gasteiger partial charge >= 0.3 is 0 Å². The zero-order valence-corrected chi connectivity index (χ0v) is 12.8. The Labute approximate surface area is 128 Å². The van der Waals surface area contributed by atoms with Crippen molar-refractivity contribution in [2.45, 2.75) is 37.8 Å². The van der Waals surface area contributed by atoms with E-state index in [1.807, 2.05) is 22.4 Å². The van der Waals surface area contributed by atoms with Crippen LogP contribution in [0, 0.1) is 0 Å². The van der Waals surface area contributed by atoms with Gasteiger partial charge in [-0.1, -0.05) is 6.07 Å². The van der Waals surface area contributed by atoms with Gasteiger partial charge in [0.25, 0.3) is 5.91 Å². The van der Waals surface area contributed by atoms with E-state index in [0.29, 0.717) is 6.54 Å². The van der Waals surface area contributed by atoms with Gasteiger partial charge in [0, 0.05) is 25.7 Å². The lowest BCUT2D eigenvalue weighted by Crippen LogP contribution is -2.51. The first-order valence-electron chi connectivity index (χ1n) is 7.55. The first kappa shape index (κ1) is 14.5. The van der Waals surface area contributed by atoms with Gasteiger partial charge < -0.3 is 15.5 Å². The lowest BCUT2D eigenvalue weighted by Gasteiger charge is -2.34. The van der Waals surface area contributed by atoms with E-state index in [9.17, 15) is 9.59 Å². The molecule has 2 aliphatic rings. The van der Waals surface area contributed by atoms with Gasteiger partial charge in [-0.05, 0) is 37.1 Å². The molecular weight excluding hydrogens is 286 g/mol. The fraction of sp³-hybridized carbons (Fsp3) is 0.600. The predicted octanol–water partition coefficient (Wildman–Crippen LogP) is 1.30. The van der Waals surface area contributed by atoms with E-state index in [4.69, 9.17) is 5.73 Å². The van der Waals surface area contributed by atoms with Crippen molar-refractivity contribution in [2.75, 3.05) is 19.6 Å². The van der Waals surface area contributed by atoms with E-state index in [1.54, 1.807) is 4.90 Å². The van der Waals surface area contributed by atoms with Crippen molar-refractivity contribution < 1.29 is 9.59 Å². The molecule has 114 valence electrons. The zero-order chi connectivity index (χ0) is 14.8. The summed E-state index contributed by atoms with van der Waals surface area (Å²) in [5, 5.41) is 1.89. The number of hydrogen-bond donors (Lipinski definition) is 1. The van der Waals surface area contributed by atoms with Gasteiger partial charge in [-0.25, -0.2) is 0 Å². The summed E-state index contributed by atoms with van der Waals surface area (Å²) >= 11 is 1.43. The van der Waals surface area contributed by atoms with Crippen LogP contribution in [0.3, 0.4) is 0 Å². The van der Waals surface area contributed by atoms with Crippen molar-refractivity contribution in [2.24, 2.45) is 5.73 Å². The molecule has 2 aliphatic heterocycles. The van der Waals surface area contributed by atoms with Gasteiger partial charge in [0.2, 0.25) is 5.91 Å². The Morgan fingerprint density at radius 2 is 1.95 bits per heavy atom. The smallest absolute Gasteiger partial charge is 0.264 e. The third-order valence-corrected chi connectivity index (χ3v) is 5.24. The minimum Gasteiger partial charge on any atom is -0.341 e. The number of nitrogens with zero attached hydrogens (tertiary/aromatic N) is 2. The summed E-state index contributed by atoms with van der Waals surface area (Å²) in [5.74, 6) is 0.0962. The molecule has 1 aromatic heterocycles. The maximum Gasteiger partial charge on any atom is 0.264 e. The van der Waals surface area contributed by atoms with Crippen LogP contribution in [0.25, 0.3) is 0 Å². The fourth-order valence-electron chi connectivity index (χ4n) is 3.14. The van der Waals surface area contributed by atoms with Crippen molar-refractivity contribution in [3.8, 4) is 0 Å². The van der Waals surface area contributed by atoms with E-state index in [1.165, 1.54) is 11.3 Å². The summed E-state index contributed by atoms with van der Waals surface area (Å²) < 4.78 is 0. The van der Waals surface area contributed by atoms with E-state index < -0.39 is 0 Å². The number of carbonyl (C=O) groups excluding carboxylic acids is 2. The van der Waals surface area contributed by atoms with E-state index in [0.717, 1.165) is 43.6 Å². The number of rotatable bonds is 2. The highest BCUT2D eigenvalue weighted by Gasteiger charge is 2.37. The van der Waals surface area contributed by atoms with Gasteiger partial charge in [-0.15, -0.1) is 11.3 Å². The molecule has 2 fully saturated rings. The Kier molecular flexibility index (Phi) is 4.26. The molecule has 0 bridgehead atoms. The summed E-state index contributed by atoms with van der Waals surface area (Å²) in [6.07, 6.45) is 3.40. The highest BCUT2D eigenvalue weighted by atomic mass is 32.1. The molecule has 0 aromatic carbocycles. The molecular formula is C15H21N3O2S. The molecule has 3 rings (SSSR count). The van der Waals surface area contributed by atoms with Crippen LogP contribution in [0.4, 0.5) is 0 Å². The van der Waals surface area contributed by atoms with Gasteiger partial charge in [0.15, 0.2) is 0 Å². The molecule has 0 radical (unpaired) electrons. The minimum absolute atomic E-state index is 0.00504. The number of carbonyl (C=O) groups is 2. The molecule has 3 heterocycles. The number of amides is 2. The van der Waals surface area contributed by atoms with Crippen molar-refractivity contribution in [3.05, 3.63) is 22.4 Å². The van der Waals surface area contributed by atoms with Crippen molar-refractivity contribution in [1.82, 2.24) is 9.80 Å². The molecule has 0 aliphatic carbocycles. The Morgan fingerprint density at radius 3 is 2.62 bits per heavy atom. The van der Waals surface area contributed by atoms with Gasteiger partial charge in [0.05, 0.1) is 4.88 Å². The van der Waals surface area contributed by atoms with Crippen LogP contribution in [0.15, 0.2) is 17.5 Å². The molecule has 1 atom stereocenters. The Morgan fingerprint density at radius 1 is 1.19 bits per heavy atom. The third-order valence-electron chi connectivity index (χ3n) is 4.38. The second-order valence-corrected chi connectivity index (χ2v) is 6.74. The molecule has 2 amide bonds. The third kappa shape index (κ3) is 2.96. The van der Waals surface area contributed by atoms with Crippen LogP contribution in [0.5, 0.6) is 0 Å². The summed E-state index contributed by atoms with van der Waals surface area (Å²) in [5.41, 5.74) is 5.89. The lowest BCUT2D eigenvalue weighted by molar-refractivity contribution is -0.136. The average Bonchev–Trinajstić information content (AvgIpc) is 3.18. The topological polar surface area (TPSA) is 66.6 Å². The van der Waals surface area contributed by atoms with Gasteiger partial charge in [-0.2, -0.15) is 0 Å². The molecule has 2 saturated heterocycles. The molecule has 1 unspecified atom stereocenters. The Bertz CT molecular complexity index is 509. The molecule has 21 heavy (non-hydrogen) atoms. The predicted molar refractivity (Wildman–Crippen MR) is 82.2 cm³/mol. The first-order chi connectivity index (χ1) is 10.2. The average molecular weight is 307 g/mol. The SMILES string of the molecule is NC1CCN(C(=O)C2CCCN2C(=O)c2cccs2)CC1. The standard InChI is InChI=1S/C15H21N3O2S/c16-11-5-8-17(9-6-11)14(19)12-3-1-7-18(12)15(20)13-4-2-10-21-13/h2,4,10-12H,1,3,5-9,16H2. The van der Waals surface area contributed by atoms with Crippen LogP contribution in [0.2, 0.25) is 0 Å². The Balaban J connectivity index is 1.69. The quantitative estimate of drug-likeness (QED) is 0.895. The maximum atomic E-state index is 12.7. The number of hydrogen-bond acceptors (Lipinski definition) is 4. The number of piperidine rings is 1. The van der Waals surface area contributed by atoms with Crippen LogP contribution in [0.1, 0.15) is 35.4 Å². The Hall–Kier alpha value is -1.40. The van der Waals surface area contributed by atoms with Crippen LogP contribution in [-0.4, -0.2) is 53.3 Å². The molecule has 0 spiro atoms. The van der Waals surface area contributed by atoms with Crippen molar-refractivity contribution in [3.63, 3.8) is 0 Å². The number of likely N-dealkylation sites (tertiary alicyclic amines) is 2. The van der Waals surface area contributed by atoms with Crippen LogP contribution >= 0.6 is 11.3 Å². The highest BCUT2D eigenvalue weighted by molar-refractivity contribution is 7.12. The largest absolute Gasteiger partial charge is 0.341 e. The van der Waals surface area contributed by atoms with E-state index in [-0.39, 0.29) is 23.9 Å². The first-order valence-corrected chi connectivity index (χ1v) is 8.43. The molecule has 2 N–H and O–H groups in total. The van der Waals surface area contributed by atoms with E-state index >= 15 is 0 Å². The second-order valence-electron chi connectivity index (χ2n) is 5.80. The number of nitrogens with two attached hydrogens (primary N) is 1. The second kappa shape index (κ2) is 6.15. The minimum atomic E-state index is -0.283. The molecule has 1 aromatic rings. The van der Waals surface area contributed by atoms with Crippen LogP contribution in [-0.2, 0) is 4.79 Å². The summed E-state index contributed by atoms with van der Waals surface area (Å²) in [4.78, 5) is 29.5. The summed E-state index contributed by atoms with van der Waals surface area (Å²) in [6.45, 7) is 2.12. The molecule has 6 heteroatoms. The number of thiophene rings is 1. The molecule has 5 nitrogen and oxygen atoms in total. The summed E-state index contributed by atoms with van der Waals surface area (Å²) in [7, 11) is 0. The molecule has 0 saturated carbocycles. The zero-order valence-electron chi connectivity index (χ0n) is 12.0. The van der Waals surface area contributed by atoms with Gasteiger partial charge in [-0.3, -0.25) is 9.59 Å². The van der Waals surface area contributed by atoms with E-state index in [2.05, 4.69) is 0 Å². The van der Waals surface area contributed by atoms with Crippen molar-refractivity contribution in [1.29, 1.82) is 0 Å². The van der Waals surface area contributed by atoms with Crippen molar-refractivity contribution >= 4 is 23.2 Å². The maximum absolute atomic E-state index is 12.7. The van der Waals surface area contributed by atoms with Crippen LogP contribution < -0.4 is 5.73 Å². The summed E-state index contributed by atoms with van der Waals surface area (Å²) in [6, 6.07) is 3.62.